The van der Waals surface area contributed by atoms with Crippen LogP contribution in [0.1, 0.15) is 35.4 Å². The highest BCUT2D eigenvalue weighted by atomic mass is 35.5. The summed E-state index contributed by atoms with van der Waals surface area (Å²) in [4.78, 5) is 41.6. The molecule has 0 bridgehead atoms. The largest absolute Gasteiger partial charge is 0.497 e. The Bertz CT molecular complexity index is 1660. The molecule has 3 aromatic carbocycles. The lowest BCUT2D eigenvalue weighted by atomic mass is 9.80. The van der Waals surface area contributed by atoms with Gasteiger partial charge in [-0.15, -0.1) is 0 Å². The molecule has 2 aliphatic rings. The molecule has 0 aliphatic carbocycles. The molecule has 1 unspecified atom stereocenters. The highest BCUT2D eigenvalue weighted by molar-refractivity contribution is 7.90. The number of aryl methyl sites for hydroxylation is 1. The molecule has 1 spiro atoms. The fourth-order valence-corrected chi connectivity index (χ4v) is 6.55. The van der Waals surface area contributed by atoms with Crippen molar-refractivity contribution in [2.75, 3.05) is 26.5 Å². The highest BCUT2D eigenvalue weighted by Crippen LogP contribution is 2.43. The van der Waals surface area contributed by atoms with Crippen molar-refractivity contribution in [3.63, 3.8) is 0 Å². The smallest absolute Gasteiger partial charge is 0.322 e. The third-order valence-electron chi connectivity index (χ3n) is 7.90. The number of benzene rings is 3. The van der Waals surface area contributed by atoms with Gasteiger partial charge in [0, 0.05) is 42.8 Å². The number of esters is 1. The lowest BCUT2D eigenvalue weighted by Gasteiger charge is -2.37. The van der Waals surface area contributed by atoms with Crippen molar-refractivity contribution in [1.82, 2.24) is 4.90 Å². The molecule has 214 valence electrons. The van der Waals surface area contributed by atoms with E-state index in [1.807, 2.05) is 24.3 Å². The van der Waals surface area contributed by atoms with Gasteiger partial charge in [0.2, 0.25) is 5.91 Å². The van der Waals surface area contributed by atoms with Crippen LogP contribution in [-0.2, 0) is 35.4 Å². The molecule has 2 saturated heterocycles. The zero-order valence-electron chi connectivity index (χ0n) is 23.0. The van der Waals surface area contributed by atoms with Crippen molar-refractivity contribution in [3.8, 4) is 16.9 Å². The maximum Gasteiger partial charge on any atom is 0.322 e. The summed E-state index contributed by atoms with van der Waals surface area (Å²) in [7, 11) is -1.84. The highest BCUT2D eigenvalue weighted by Gasteiger charge is 2.57. The molecule has 41 heavy (non-hydrogen) atoms. The minimum atomic E-state index is -3.41. The summed E-state index contributed by atoms with van der Waals surface area (Å²) in [6.07, 6.45) is 1.79. The fraction of sp³-hybridized carbons (Fsp3) is 0.323. The van der Waals surface area contributed by atoms with E-state index in [1.165, 1.54) is 6.07 Å². The number of likely N-dealkylation sites (tertiary alicyclic amines) is 1. The first kappa shape index (κ1) is 28.8. The van der Waals surface area contributed by atoms with Crippen molar-refractivity contribution >= 4 is 39.1 Å². The van der Waals surface area contributed by atoms with Crippen LogP contribution in [0, 0.1) is 6.92 Å². The van der Waals surface area contributed by atoms with E-state index in [9.17, 15) is 22.8 Å². The Morgan fingerprint density at radius 1 is 1.07 bits per heavy atom. The van der Waals surface area contributed by atoms with E-state index in [0.717, 1.165) is 11.8 Å². The van der Waals surface area contributed by atoms with Gasteiger partial charge in [-0.25, -0.2) is 8.42 Å². The molecule has 0 aromatic heterocycles. The first-order valence-corrected chi connectivity index (χ1v) is 15.5. The summed E-state index contributed by atoms with van der Waals surface area (Å²) in [5.74, 6) is -1.47. The number of hydrogen-bond acceptors (Lipinski definition) is 7. The molecule has 0 radical (unpaired) electrons. The van der Waals surface area contributed by atoms with Gasteiger partial charge in [0.15, 0.2) is 21.2 Å². The second-order valence-electron chi connectivity index (χ2n) is 10.6. The predicted molar refractivity (Wildman–Crippen MR) is 154 cm³/mol. The van der Waals surface area contributed by atoms with E-state index in [0.29, 0.717) is 41.1 Å². The molecule has 2 heterocycles. The van der Waals surface area contributed by atoms with Gasteiger partial charge in [0.05, 0.1) is 18.4 Å². The first-order chi connectivity index (χ1) is 19.4. The molecular formula is C31H30ClNO7S. The second-order valence-corrected chi connectivity index (χ2v) is 13.0. The van der Waals surface area contributed by atoms with Crippen LogP contribution in [0.2, 0.25) is 5.02 Å². The average Bonchev–Trinajstić information content (AvgIpc) is 3.18. The minimum Gasteiger partial charge on any atom is -0.497 e. The van der Waals surface area contributed by atoms with Crippen LogP contribution in [0.3, 0.4) is 0 Å². The number of carbonyl (C=O) groups excluding carboxylic acids is 3. The minimum absolute atomic E-state index is 0.0698. The summed E-state index contributed by atoms with van der Waals surface area (Å²) >= 11 is 6.63. The monoisotopic (exact) mass is 595 g/mol. The Kier molecular flexibility index (Phi) is 7.70. The van der Waals surface area contributed by atoms with Gasteiger partial charge in [-0.3, -0.25) is 14.4 Å². The quantitative estimate of drug-likeness (QED) is 0.304. The third kappa shape index (κ3) is 5.61. The lowest BCUT2D eigenvalue weighted by molar-refractivity contribution is -0.158. The van der Waals surface area contributed by atoms with Gasteiger partial charge in [-0.05, 0) is 65.6 Å². The molecule has 0 N–H and O–H groups in total. The van der Waals surface area contributed by atoms with Gasteiger partial charge in [-0.1, -0.05) is 35.9 Å². The van der Waals surface area contributed by atoms with Crippen molar-refractivity contribution in [2.45, 2.75) is 42.6 Å². The van der Waals surface area contributed by atoms with E-state index in [-0.39, 0.29) is 40.9 Å². The zero-order chi connectivity index (χ0) is 29.5. The molecule has 2 fully saturated rings. The predicted octanol–water partition coefficient (Wildman–Crippen LogP) is 4.54. The van der Waals surface area contributed by atoms with Gasteiger partial charge in [-0.2, -0.15) is 0 Å². The molecule has 2 aliphatic heterocycles. The average molecular weight is 596 g/mol. The number of carbonyl (C=O) groups is 3. The molecular weight excluding hydrogens is 566 g/mol. The molecule has 5 rings (SSSR count). The number of methoxy groups -OCH3 is 1. The van der Waals surface area contributed by atoms with E-state index in [1.54, 1.807) is 49.3 Å². The number of halogens is 1. The van der Waals surface area contributed by atoms with Crippen molar-refractivity contribution in [3.05, 3.63) is 82.4 Å². The molecule has 0 saturated carbocycles. The molecule has 1 amide bonds. The number of rotatable bonds is 6. The topological polar surface area (TPSA) is 107 Å². The van der Waals surface area contributed by atoms with Crippen LogP contribution < -0.4 is 4.74 Å². The van der Waals surface area contributed by atoms with E-state index in [4.69, 9.17) is 21.1 Å². The fourth-order valence-electron chi connectivity index (χ4n) is 5.60. The van der Waals surface area contributed by atoms with Gasteiger partial charge in [0.25, 0.3) is 0 Å². The summed E-state index contributed by atoms with van der Waals surface area (Å²) in [5.41, 5.74) is 1.87. The number of ketones is 1. The normalized spacial score (nSPS) is 18.4. The standard InChI is InChI=1S/C31H30ClNO7S/c1-19-14-25(21-7-5-9-23(17-21)41(3,37)38)26(32)18-24(19)28-29(35)31(40-30(28)36)10-12-33(13-11-31)27(34)16-20-6-4-8-22(15-20)39-2/h4-9,14-15,17-18,28H,10-13,16H2,1-3H3. The first-order valence-electron chi connectivity index (χ1n) is 13.2. The van der Waals surface area contributed by atoms with E-state index in [2.05, 4.69) is 0 Å². The third-order valence-corrected chi connectivity index (χ3v) is 9.32. The number of sulfone groups is 1. The summed E-state index contributed by atoms with van der Waals surface area (Å²) in [5, 5.41) is 0.288. The number of hydrogen-bond donors (Lipinski definition) is 0. The van der Waals surface area contributed by atoms with Crippen LogP contribution >= 0.6 is 11.6 Å². The maximum absolute atomic E-state index is 13.7. The Hall–Kier alpha value is -3.69. The Morgan fingerprint density at radius 2 is 1.78 bits per heavy atom. The number of piperidine rings is 1. The van der Waals surface area contributed by atoms with Crippen LogP contribution in [0.4, 0.5) is 0 Å². The number of nitrogens with zero attached hydrogens (tertiary/aromatic N) is 1. The number of ether oxygens (including phenoxy) is 2. The summed E-state index contributed by atoms with van der Waals surface area (Å²) in [6, 6.07) is 17.1. The number of Topliss-reactive ketones (excluding diaryl/α,β-unsaturated/α-hetero) is 1. The molecule has 3 aromatic rings. The Morgan fingerprint density at radius 3 is 2.46 bits per heavy atom. The van der Waals surface area contributed by atoms with Crippen molar-refractivity contribution in [2.24, 2.45) is 0 Å². The van der Waals surface area contributed by atoms with Gasteiger partial charge >= 0.3 is 5.97 Å². The molecule has 8 nitrogen and oxygen atoms in total. The molecule has 10 heteroatoms. The van der Waals surface area contributed by atoms with E-state index >= 15 is 0 Å². The summed E-state index contributed by atoms with van der Waals surface area (Å²) in [6.45, 7) is 2.37. The SMILES string of the molecule is COc1cccc(CC(=O)N2CCC3(CC2)OC(=O)C(c2cc(Cl)c(-c4cccc(S(C)(=O)=O)c4)cc2C)C3=O)c1. The second kappa shape index (κ2) is 10.9. The Labute approximate surface area is 244 Å². The van der Waals surface area contributed by atoms with Crippen molar-refractivity contribution < 1.29 is 32.3 Å². The van der Waals surface area contributed by atoms with Gasteiger partial charge < -0.3 is 14.4 Å². The Balaban J connectivity index is 1.33. The zero-order valence-corrected chi connectivity index (χ0v) is 24.5. The van der Waals surface area contributed by atoms with Crippen molar-refractivity contribution in [1.29, 1.82) is 0 Å². The van der Waals surface area contributed by atoms with Crippen LogP contribution in [-0.4, -0.2) is 63.0 Å². The molecule has 1 atom stereocenters. The van der Waals surface area contributed by atoms with Crippen LogP contribution in [0.5, 0.6) is 5.75 Å². The number of amides is 1. The lowest BCUT2D eigenvalue weighted by Crippen LogP contribution is -2.50. The van der Waals surface area contributed by atoms with Gasteiger partial charge in [0.1, 0.15) is 11.7 Å². The van der Waals surface area contributed by atoms with Crippen LogP contribution in [0.25, 0.3) is 11.1 Å². The maximum atomic E-state index is 13.7. The van der Waals surface area contributed by atoms with Crippen LogP contribution in [0.15, 0.2) is 65.6 Å². The summed E-state index contributed by atoms with van der Waals surface area (Å²) < 4.78 is 35.1. The van der Waals surface area contributed by atoms with E-state index < -0.39 is 27.3 Å².